The summed E-state index contributed by atoms with van der Waals surface area (Å²) in [6.07, 6.45) is -2.90. The molecule has 0 N–H and O–H groups in total. The summed E-state index contributed by atoms with van der Waals surface area (Å²) in [5.41, 5.74) is 0.110. The quantitative estimate of drug-likeness (QED) is 0.165. The molecule has 1 aliphatic carbocycles. The predicted octanol–water partition coefficient (Wildman–Crippen LogP) is 13.2. The van der Waals surface area contributed by atoms with Gasteiger partial charge in [0.15, 0.2) is 0 Å². The van der Waals surface area contributed by atoms with Crippen LogP contribution in [0.15, 0.2) is 163 Å². The third-order valence-electron chi connectivity index (χ3n) is 9.93. The smallest absolute Gasteiger partial charge is 0.114 e. The zero-order valence-corrected chi connectivity index (χ0v) is 27.8. The van der Waals surface area contributed by atoms with E-state index < -0.39 is 115 Å². The molecule has 248 valence electrons. The van der Waals surface area contributed by atoms with Crippen molar-refractivity contribution < 1.29 is 27.4 Å². The average Bonchev–Trinajstić information content (AvgIpc) is 3.86. The molecule has 0 unspecified atom stereocenters. The molecule has 10 rings (SSSR count). The summed E-state index contributed by atoms with van der Waals surface area (Å²) in [5.74, 6) is -0.360. The lowest BCUT2D eigenvalue weighted by Crippen LogP contribution is -2.14. The van der Waals surface area contributed by atoms with Gasteiger partial charge in [-0.1, -0.05) is 160 Å². The van der Waals surface area contributed by atoms with Gasteiger partial charge in [0, 0.05) is 24.2 Å². The van der Waals surface area contributed by atoms with Crippen LogP contribution in [0.4, 0.5) is 0 Å². The van der Waals surface area contributed by atoms with Crippen LogP contribution in [0.5, 0.6) is 0 Å². The van der Waals surface area contributed by atoms with Crippen molar-refractivity contribution in [2.75, 3.05) is 0 Å². The highest BCUT2D eigenvalue weighted by molar-refractivity contribution is 6.21. The summed E-state index contributed by atoms with van der Waals surface area (Å²) in [7, 11) is 0. The summed E-state index contributed by atoms with van der Waals surface area (Å²) < 4.78 is 181. The van der Waals surface area contributed by atoms with Crippen molar-refractivity contribution >= 4 is 32.6 Å². The van der Waals surface area contributed by atoms with Gasteiger partial charge in [0.1, 0.15) is 5.82 Å². The number of fused-ring (bicyclic) bond motifs is 6. The highest BCUT2D eigenvalue weighted by atomic mass is 15.1. The van der Waals surface area contributed by atoms with Gasteiger partial charge in [0.2, 0.25) is 0 Å². The van der Waals surface area contributed by atoms with Crippen LogP contribution < -0.4 is 0 Å². The van der Waals surface area contributed by atoms with E-state index in [2.05, 4.69) is 4.98 Å². The molecule has 1 aromatic heterocycles. The van der Waals surface area contributed by atoms with E-state index >= 15 is 0 Å². The number of nitrogens with zero attached hydrogens (tertiary/aromatic N) is 2. The summed E-state index contributed by atoms with van der Waals surface area (Å²) in [6, 6.07) is 10.9. The van der Waals surface area contributed by atoms with Crippen LogP contribution >= 0.6 is 0 Å². The van der Waals surface area contributed by atoms with Crippen LogP contribution in [0, 0.1) is 0 Å². The molecule has 2 heteroatoms. The van der Waals surface area contributed by atoms with Gasteiger partial charge in [-0.2, -0.15) is 0 Å². The van der Waals surface area contributed by atoms with Gasteiger partial charge in [0.25, 0.3) is 0 Å². The molecule has 0 radical (unpaired) electrons. The first-order chi connectivity index (χ1) is 33.7. The van der Waals surface area contributed by atoms with Crippen LogP contribution in [0.3, 0.4) is 0 Å². The number of para-hydroxylation sites is 3. The largest absolute Gasteiger partial charge is 0.296 e. The average molecular weight is 687 g/mol. The third-order valence-corrected chi connectivity index (χ3v) is 9.93. The molecule has 52 heavy (non-hydrogen) atoms. The molecular formula is C50H38N2. The second-order valence-corrected chi connectivity index (χ2v) is 13.1. The van der Waals surface area contributed by atoms with Gasteiger partial charge in [-0.3, -0.25) is 4.57 Å². The van der Waals surface area contributed by atoms with Crippen molar-refractivity contribution in [1.29, 1.82) is 0 Å². The molecule has 0 fully saturated rings. The third kappa shape index (κ3) is 4.47. The van der Waals surface area contributed by atoms with Crippen molar-refractivity contribution in [1.82, 2.24) is 9.55 Å². The normalized spacial score (nSPS) is 19.1. The van der Waals surface area contributed by atoms with Crippen LogP contribution in [0.1, 0.15) is 65.1 Å². The highest BCUT2D eigenvalue weighted by Crippen LogP contribution is 2.51. The predicted molar refractivity (Wildman–Crippen MR) is 219 cm³/mol. The SMILES string of the molecule is [2H]c1c([2H])c([2H])c2c(c1[2H])-c1c([2H])c([2H])c(-c3c4c([2H])c([2H])c([2H])c([2H])c4c(-c4ccc(-c5ccccc5-n5c(C([2H])([2H])C([2H])([2H])[2H])nc6ccccc65)cc4)c4c([2H])c([2H])c([2H])c([2H])c34)c([2H])c1C2(C)C. The fourth-order valence-corrected chi connectivity index (χ4v) is 7.53. The molecule has 0 saturated heterocycles. The van der Waals surface area contributed by atoms with Crippen LogP contribution in [-0.4, -0.2) is 9.55 Å². The number of hydrogen-bond acceptors (Lipinski definition) is 1. The van der Waals surface area contributed by atoms with Gasteiger partial charge in [-0.25, -0.2) is 4.98 Å². The minimum atomic E-state index is -3.11. The van der Waals surface area contributed by atoms with Crippen LogP contribution in [0.2, 0.25) is 0 Å². The van der Waals surface area contributed by atoms with Crippen molar-refractivity contribution in [3.05, 3.63) is 180 Å². The van der Waals surface area contributed by atoms with E-state index in [0.717, 1.165) is 0 Å². The second kappa shape index (κ2) is 11.6. The van der Waals surface area contributed by atoms with Crippen molar-refractivity contribution in [2.24, 2.45) is 0 Å². The molecule has 0 spiro atoms. The lowest BCUT2D eigenvalue weighted by atomic mass is 9.80. The Morgan fingerprint density at radius 1 is 0.596 bits per heavy atom. The zero-order valence-electron chi connectivity index (χ0n) is 47.8. The Morgan fingerprint density at radius 2 is 1.19 bits per heavy atom. The van der Waals surface area contributed by atoms with Crippen molar-refractivity contribution in [2.45, 2.75) is 32.5 Å². The standard InChI is InChI=1S/C50H38N2/c1-4-47-51-44-22-12-14-24-46(44)52(47)45-23-13-10-15-35(45)32-25-27-33(28-26-32)48-38-17-5-7-19-40(38)49(41-20-8-6-18-39(41)48)34-29-30-37-36-16-9-11-21-42(36)50(2,3)43(37)31-34/h5-31H,4H2,1-3H3/i1D3,4D2,5D,6D,7D,8D,9D,11D,16D,17D,18D,19D,20D,21D,29D,30D,31D. The van der Waals surface area contributed by atoms with Gasteiger partial charge in [0.05, 0.1) is 37.3 Å². The lowest BCUT2D eigenvalue weighted by Gasteiger charge is -2.23. The summed E-state index contributed by atoms with van der Waals surface area (Å²) in [5, 5.41) is -1.08. The Kier molecular flexibility index (Phi) is 3.67. The number of aryl methyl sites for hydroxylation is 1. The minimum absolute atomic E-state index is 0.0220. The molecule has 9 aromatic rings. The first kappa shape index (κ1) is 16.4. The molecule has 1 heterocycles. The Bertz CT molecular complexity index is 3830. The molecule has 8 aromatic carbocycles. The maximum Gasteiger partial charge on any atom is 0.114 e. The second-order valence-electron chi connectivity index (χ2n) is 13.1. The van der Waals surface area contributed by atoms with Crippen molar-refractivity contribution in [3.8, 4) is 50.2 Å². The van der Waals surface area contributed by atoms with E-state index in [4.69, 9.17) is 17.8 Å². The number of rotatable bonds is 5. The topological polar surface area (TPSA) is 17.8 Å². The van der Waals surface area contributed by atoms with Gasteiger partial charge < -0.3 is 0 Å². The Balaban J connectivity index is 1.30. The Hall–Kier alpha value is -6.25. The fourth-order valence-electron chi connectivity index (χ4n) is 7.53. The Labute approximate surface area is 332 Å². The van der Waals surface area contributed by atoms with E-state index in [0.29, 0.717) is 27.8 Å². The molecule has 0 amide bonds. The molecule has 0 saturated carbocycles. The number of hydrogen-bond donors (Lipinski definition) is 0. The molecule has 2 nitrogen and oxygen atoms in total. The van der Waals surface area contributed by atoms with Crippen LogP contribution in [0.25, 0.3) is 82.8 Å². The monoisotopic (exact) mass is 686 g/mol. The maximum absolute atomic E-state index is 9.93. The molecule has 0 aliphatic heterocycles. The first-order valence-electron chi connectivity index (χ1n) is 26.6. The highest BCUT2D eigenvalue weighted by Gasteiger charge is 2.35. The molecular weight excluding hydrogens is 629 g/mol. The first-order valence-corrected chi connectivity index (χ1v) is 16.6. The summed E-state index contributed by atoms with van der Waals surface area (Å²) in [4.78, 5) is 4.46. The molecule has 0 atom stereocenters. The van der Waals surface area contributed by atoms with Crippen LogP contribution in [-0.2, 0) is 11.8 Å². The van der Waals surface area contributed by atoms with E-state index in [1.54, 1.807) is 86.6 Å². The Morgan fingerprint density at radius 3 is 1.92 bits per heavy atom. The lowest BCUT2D eigenvalue weighted by molar-refractivity contribution is 0.660. The number of benzene rings is 8. The molecule has 1 aliphatic rings. The minimum Gasteiger partial charge on any atom is -0.296 e. The van der Waals surface area contributed by atoms with Gasteiger partial charge >= 0.3 is 0 Å². The van der Waals surface area contributed by atoms with Gasteiger partial charge in [-0.15, -0.1) is 0 Å². The zero-order chi connectivity index (χ0) is 52.3. The fraction of sp³-hybridized carbons (Fsp3) is 0.100. The number of aromatic nitrogens is 2. The molecule has 0 bridgehead atoms. The van der Waals surface area contributed by atoms with E-state index in [1.165, 1.54) is 4.57 Å². The van der Waals surface area contributed by atoms with E-state index in [9.17, 15) is 9.60 Å². The summed E-state index contributed by atoms with van der Waals surface area (Å²) in [6.45, 7) is 0.104. The van der Waals surface area contributed by atoms with Crippen molar-refractivity contribution in [3.63, 3.8) is 0 Å². The van der Waals surface area contributed by atoms with E-state index in [-0.39, 0.29) is 66.3 Å². The maximum atomic E-state index is 9.93. The summed E-state index contributed by atoms with van der Waals surface area (Å²) >= 11 is 0. The van der Waals surface area contributed by atoms with E-state index in [1.807, 2.05) is 0 Å². The number of imidazole rings is 1. The van der Waals surface area contributed by atoms with Gasteiger partial charge in [-0.05, 0) is 95.9 Å².